The summed E-state index contributed by atoms with van der Waals surface area (Å²) in [4.78, 5) is 10.7. The number of aromatic carboxylic acids is 1. The zero-order valence-electron chi connectivity index (χ0n) is 11.0. The Morgan fingerprint density at radius 1 is 1.50 bits per heavy atom. The first-order chi connectivity index (χ1) is 9.58. The molecule has 7 heteroatoms. The van der Waals surface area contributed by atoms with Gasteiger partial charge in [-0.05, 0) is 18.6 Å². The fourth-order valence-electron chi connectivity index (χ4n) is 1.84. The van der Waals surface area contributed by atoms with Crippen molar-refractivity contribution in [3.8, 4) is 0 Å². The molecule has 6 nitrogen and oxygen atoms in total. The number of hydrogen-bond acceptors (Lipinski definition) is 4. The van der Waals surface area contributed by atoms with E-state index in [9.17, 15) is 4.79 Å². The van der Waals surface area contributed by atoms with Crippen LogP contribution in [-0.4, -0.2) is 32.6 Å². The van der Waals surface area contributed by atoms with Gasteiger partial charge in [-0.2, -0.15) is 0 Å². The van der Waals surface area contributed by atoms with Crippen molar-refractivity contribution >= 4 is 21.9 Å². The Morgan fingerprint density at radius 3 is 2.90 bits per heavy atom. The summed E-state index contributed by atoms with van der Waals surface area (Å²) in [5, 5.41) is 19.4. The van der Waals surface area contributed by atoms with Crippen LogP contribution in [0.3, 0.4) is 0 Å². The van der Waals surface area contributed by atoms with E-state index in [-0.39, 0.29) is 11.7 Å². The first-order valence-electron chi connectivity index (χ1n) is 6.19. The summed E-state index contributed by atoms with van der Waals surface area (Å²) >= 11 is 3.52. The molecule has 2 rings (SSSR count). The molecule has 2 aromatic rings. The average molecular weight is 339 g/mol. The van der Waals surface area contributed by atoms with Crippen molar-refractivity contribution in [1.29, 1.82) is 0 Å². The standard InChI is InChI=1S/C13H15BrN4O2/c1-9(10-4-2-3-5-11(10)14)15-6-7-18-8-12(13(19)20)16-17-18/h2-5,8-9,15H,6-7H2,1H3,(H,19,20)/t9-/m0/s1. The third kappa shape index (κ3) is 3.64. The minimum Gasteiger partial charge on any atom is -0.476 e. The van der Waals surface area contributed by atoms with Crippen LogP contribution in [0.4, 0.5) is 0 Å². The second-order valence-corrected chi connectivity index (χ2v) is 5.22. The zero-order chi connectivity index (χ0) is 14.5. The summed E-state index contributed by atoms with van der Waals surface area (Å²) in [6.07, 6.45) is 1.42. The number of benzene rings is 1. The van der Waals surface area contributed by atoms with Gasteiger partial charge in [0.05, 0.1) is 12.7 Å². The number of halogens is 1. The number of rotatable bonds is 6. The minimum atomic E-state index is -1.06. The van der Waals surface area contributed by atoms with Crippen molar-refractivity contribution in [2.75, 3.05) is 6.54 Å². The van der Waals surface area contributed by atoms with E-state index >= 15 is 0 Å². The van der Waals surface area contributed by atoms with Gasteiger partial charge in [-0.1, -0.05) is 39.3 Å². The second-order valence-electron chi connectivity index (χ2n) is 4.37. The van der Waals surface area contributed by atoms with Gasteiger partial charge in [0.1, 0.15) is 0 Å². The van der Waals surface area contributed by atoms with E-state index < -0.39 is 5.97 Å². The molecule has 0 unspecified atom stereocenters. The van der Waals surface area contributed by atoms with Crippen LogP contribution in [0.25, 0.3) is 0 Å². The maximum Gasteiger partial charge on any atom is 0.358 e. The van der Waals surface area contributed by atoms with Crippen molar-refractivity contribution in [1.82, 2.24) is 20.3 Å². The lowest BCUT2D eigenvalue weighted by Gasteiger charge is -2.15. The summed E-state index contributed by atoms with van der Waals surface area (Å²) in [5.41, 5.74) is 1.14. The highest BCUT2D eigenvalue weighted by Crippen LogP contribution is 2.22. The van der Waals surface area contributed by atoms with Crippen LogP contribution < -0.4 is 5.32 Å². The highest BCUT2D eigenvalue weighted by atomic mass is 79.9. The average Bonchev–Trinajstić information content (AvgIpc) is 2.88. The fraction of sp³-hybridized carbons (Fsp3) is 0.308. The zero-order valence-corrected chi connectivity index (χ0v) is 12.5. The van der Waals surface area contributed by atoms with Crippen molar-refractivity contribution in [3.05, 3.63) is 46.2 Å². The Labute approximate surface area is 124 Å². The number of carboxylic acids is 1. The van der Waals surface area contributed by atoms with Gasteiger partial charge in [-0.15, -0.1) is 5.10 Å². The molecule has 0 saturated carbocycles. The molecule has 1 aromatic carbocycles. The Bertz CT molecular complexity index is 600. The van der Waals surface area contributed by atoms with Crippen LogP contribution >= 0.6 is 15.9 Å². The topological polar surface area (TPSA) is 80.0 Å². The number of carbonyl (C=O) groups is 1. The largest absolute Gasteiger partial charge is 0.476 e. The van der Waals surface area contributed by atoms with Gasteiger partial charge in [0.2, 0.25) is 0 Å². The van der Waals surface area contributed by atoms with Gasteiger partial charge >= 0.3 is 5.97 Å². The molecule has 0 bridgehead atoms. The first kappa shape index (κ1) is 14.7. The van der Waals surface area contributed by atoms with Crippen LogP contribution in [-0.2, 0) is 6.54 Å². The summed E-state index contributed by atoms with van der Waals surface area (Å²) in [7, 11) is 0. The Hall–Kier alpha value is -1.73. The molecular weight excluding hydrogens is 324 g/mol. The third-order valence-electron chi connectivity index (χ3n) is 2.92. The van der Waals surface area contributed by atoms with Crippen LogP contribution in [0, 0.1) is 0 Å². The molecule has 1 aromatic heterocycles. The molecule has 0 aliphatic rings. The minimum absolute atomic E-state index is 0.0381. The normalized spacial score (nSPS) is 12.3. The SMILES string of the molecule is C[C@H](NCCn1cc(C(=O)O)nn1)c1ccccc1Br. The molecule has 1 heterocycles. The monoisotopic (exact) mass is 338 g/mol. The third-order valence-corrected chi connectivity index (χ3v) is 3.64. The van der Waals surface area contributed by atoms with Gasteiger partial charge in [-0.3, -0.25) is 4.68 Å². The lowest BCUT2D eigenvalue weighted by Crippen LogP contribution is -2.23. The smallest absolute Gasteiger partial charge is 0.358 e. The number of aromatic nitrogens is 3. The molecule has 1 atom stereocenters. The number of carboxylic acid groups (broad SMARTS) is 1. The first-order valence-corrected chi connectivity index (χ1v) is 6.98. The lowest BCUT2D eigenvalue weighted by atomic mass is 10.1. The predicted molar refractivity (Wildman–Crippen MR) is 77.5 cm³/mol. The van der Waals surface area contributed by atoms with E-state index in [4.69, 9.17) is 5.11 Å². The van der Waals surface area contributed by atoms with Gasteiger partial charge in [0.15, 0.2) is 5.69 Å². The van der Waals surface area contributed by atoms with E-state index in [2.05, 4.69) is 44.5 Å². The van der Waals surface area contributed by atoms with Crippen LogP contribution in [0.2, 0.25) is 0 Å². The highest BCUT2D eigenvalue weighted by molar-refractivity contribution is 9.10. The quantitative estimate of drug-likeness (QED) is 0.842. The van der Waals surface area contributed by atoms with Gasteiger partial charge < -0.3 is 10.4 Å². The molecule has 2 N–H and O–H groups in total. The van der Waals surface area contributed by atoms with E-state index in [1.807, 2.05) is 18.2 Å². The second kappa shape index (κ2) is 6.62. The van der Waals surface area contributed by atoms with E-state index in [0.717, 1.165) is 4.47 Å². The molecule has 0 radical (unpaired) electrons. The van der Waals surface area contributed by atoms with E-state index in [1.54, 1.807) is 0 Å². The van der Waals surface area contributed by atoms with Crippen molar-refractivity contribution in [3.63, 3.8) is 0 Å². The van der Waals surface area contributed by atoms with E-state index in [0.29, 0.717) is 13.1 Å². The van der Waals surface area contributed by atoms with Crippen molar-refractivity contribution in [2.24, 2.45) is 0 Å². The van der Waals surface area contributed by atoms with Crippen LogP contribution in [0.5, 0.6) is 0 Å². The molecule has 20 heavy (non-hydrogen) atoms. The molecule has 0 aliphatic carbocycles. The molecule has 106 valence electrons. The van der Waals surface area contributed by atoms with Gasteiger partial charge in [-0.25, -0.2) is 4.79 Å². The van der Waals surface area contributed by atoms with E-state index in [1.165, 1.54) is 16.4 Å². The maximum absolute atomic E-state index is 10.7. The summed E-state index contributed by atoms with van der Waals surface area (Å²) in [6, 6.07) is 8.22. The highest BCUT2D eigenvalue weighted by Gasteiger charge is 2.10. The van der Waals surface area contributed by atoms with Crippen molar-refractivity contribution < 1.29 is 9.90 Å². The van der Waals surface area contributed by atoms with Crippen LogP contribution in [0.15, 0.2) is 34.9 Å². The molecule has 0 saturated heterocycles. The number of nitrogens with zero attached hydrogens (tertiary/aromatic N) is 3. The lowest BCUT2D eigenvalue weighted by molar-refractivity contribution is 0.0690. The molecule has 0 fully saturated rings. The van der Waals surface area contributed by atoms with Crippen molar-refractivity contribution in [2.45, 2.75) is 19.5 Å². The Morgan fingerprint density at radius 2 is 2.25 bits per heavy atom. The fourth-order valence-corrected chi connectivity index (χ4v) is 2.47. The van der Waals surface area contributed by atoms with Crippen LogP contribution in [0.1, 0.15) is 29.0 Å². The summed E-state index contributed by atoms with van der Waals surface area (Å²) < 4.78 is 2.58. The number of nitrogens with one attached hydrogen (secondary N) is 1. The van der Waals surface area contributed by atoms with Gasteiger partial charge in [0, 0.05) is 17.1 Å². The molecule has 0 aliphatic heterocycles. The Kier molecular flexibility index (Phi) is 4.86. The molecular formula is C13H15BrN4O2. The maximum atomic E-state index is 10.7. The van der Waals surface area contributed by atoms with Gasteiger partial charge in [0.25, 0.3) is 0 Å². The summed E-state index contributed by atoms with van der Waals surface area (Å²) in [6.45, 7) is 3.31. The number of hydrogen-bond donors (Lipinski definition) is 2. The predicted octanol–water partition coefficient (Wildman–Crippen LogP) is 2.09. The molecule has 0 amide bonds. The Balaban J connectivity index is 1.86. The summed E-state index contributed by atoms with van der Waals surface area (Å²) in [5.74, 6) is -1.06. The molecule has 0 spiro atoms.